The Kier molecular flexibility index (Phi) is 4.32. The summed E-state index contributed by atoms with van der Waals surface area (Å²) in [5.41, 5.74) is 4.83. The van der Waals surface area contributed by atoms with Crippen LogP contribution in [0.5, 0.6) is 5.75 Å². The minimum absolute atomic E-state index is 0.146. The lowest BCUT2D eigenvalue weighted by Crippen LogP contribution is -2.07. The molecule has 1 aliphatic rings. The maximum Gasteiger partial charge on any atom is 0.338 e. The van der Waals surface area contributed by atoms with Crippen LogP contribution in [-0.4, -0.2) is 25.2 Å². The number of methoxy groups -OCH3 is 2. The van der Waals surface area contributed by atoms with Crippen LogP contribution in [0, 0.1) is 5.82 Å². The minimum Gasteiger partial charge on any atom is -0.494 e. The van der Waals surface area contributed by atoms with Crippen molar-refractivity contribution >= 4 is 17.6 Å². The van der Waals surface area contributed by atoms with E-state index in [9.17, 15) is 9.18 Å². The Morgan fingerprint density at radius 3 is 2.67 bits per heavy atom. The number of ether oxygens (including phenoxy) is 2. The average molecular weight is 384 g/mol. The molecule has 136 valence electrons. The van der Waals surface area contributed by atoms with Gasteiger partial charge in [-0.25, -0.2) is 14.2 Å². The highest BCUT2D eigenvalue weighted by molar-refractivity contribution is 6.30. The van der Waals surface area contributed by atoms with Crippen molar-refractivity contribution in [2.45, 2.75) is 6.42 Å². The summed E-state index contributed by atoms with van der Waals surface area (Å²) < 4.78 is 24.1. The molecular formula is C21H15ClFNO3. The lowest BCUT2D eigenvalue weighted by Gasteiger charge is -2.11. The van der Waals surface area contributed by atoms with Gasteiger partial charge in [0.2, 0.25) is 0 Å². The summed E-state index contributed by atoms with van der Waals surface area (Å²) in [6, 6.07) is 11.8. The first-order valence-corrected chi connectivity index (χ1v) is 8.64. The molecule has 6 heteroatoms. The highest BCUT2D eigenvalue weighted by Crippen LogP contribution is 2.40. The maximum atomic E-state index is 14.2. The molecule has 2 aromatic carbocycles. The van der Waals surface area contributed by atoms with Crippen molar-refractivity contribution in [3.63, 3.8) is 0 Å². The third kappa shape index (κ3) is 2.94. The highest BCUT2D eigenvalue weighted by atomic mass is 35.5. The first-order valence-electron chi connectivity index (χ1n) is 8.26. The Hall–Kier alpha value is -2.92. The normalized spacial score (nSPS) is 11.7. The van der Waals surface area contributed by atoms with Crippen LogP contribution in [0.1, 0.15) is 21.5 Å². The van der Waals surface area contributed by atoms with Gasteiger partial charge in [0.1, 0.15) is 0 Å². The summed E-state index contributed by atoms with van der Waals surface area (Å²) in [5, 5.41) is 0.624. The Balaban J connectivity index is 1.93. The van der Waals surface area contributed by atoms with Crippen LogP contribution in [0.4, 0.5) is 4.39 Å². The van der Waals surface area contributed by atoms with Crippen LogP contribution >= 0.6 is 11.6 Å². The lowest BCUT2D eigenvalue weighted by molar-refractivity contribution is 0.0599. The Morgan fingerprint density at radius 2 is 1.96 bits per heavy atom. The van der Waals surface area contributed by atoms with Gasteiger partial charge in [0.05, 0.1) is 31.2 Å². The van der Waals surface area contributed by atoms with E-state index < -0.39 is 11.8 Å². The summed E-state index contributed by atoms with van der Waals surface area (Å²) >= 11 is 6.10. The number of rotatable bonds is 3. The second-order valence-electron chi connectivity index (χ2n) is 6.20. The van der Waals surface area contributed by atoms with Gasteiger partial charge in [-0.2, -0.15) is 0 Å². The van der Waals surface area contributed by atoms with E-state index in [1.807, 2.05) is 12.1 Å². The Morgan fingerprint density at radius 1 is 1.15 bits per heavy atom. The number of benzene rings is 2. The molecule has 0 saturated heterocycles. The van der Waals surface area contributed by atoms with Crippen molar-refractivity contribution < 1.29 is 18.7 Å². The molecule has 0 atom stereocenters. The van der Waals surface area contributed by atoms with E-state index in [0.717, 1.165) is 16.7 Å². The quantitative estimate of drug-likeness (QED) is 0.472. The van der Waals surface area contributed by atoms with Gasteiger partial charge in [-0.3, -0.25) is 0 Å². The number of carbonyl (C=O) groups is 1. The van der Waals surface area contributed by atoms with E-state index in [1.165, 1.54) is 26.4 Å². The number of fused-ring (bicyclic) bond motifs is 3. The van der Waals surface area contributed by atoms with Gasteiger partial charge in [0.25, 0.3) is 0 Å². The molecule has 0 N–H and O–H groups in total. The van der Waals surface area contributed by atoms with Crippen molar-refractivity contribution in [1.29, 1.82) is 0 Å². The number of hydrogen-bond donors (Lipinski definition) is 0. The van der Waals surface area contributed by atoms with Crippen LogP contribution in [-0.2, 0) is 11.2 Å². The van der Waals surface area contributed by atoms with E-state index >= 15 is 0 Å². The number of carbonyl (C=O) groups excluding carboxylic acids is 1. The van der Waals surface area contributed by atoms with Crippen molar-refractivity contribution in [3.05, 3.63) is 70.0 Å². The zero-order valence-electron chi connectivity index (χ0n) is 14.7. The zero-order valence-corrected chi connectivity index (χ0v) is 15.4. The van der Waals surface area contributed by atoms with Crippen LogP contribution in [0.2, 0.25) is 5.02 Å². The van der Waals surface area contributed by atoms with Crippen molar-refractivity contribution in [2.24, 2.45) is 0 Å². The molecule has 1 aliphatic carbocycles. The SMILES string of the molecule is COC(=O)c1cc(-c2ccc(OC)c(F)c2)nc2c1Cc1cc(Cl)ccc1-2. The number of hydrogen-bond acceptors (Lipinski definition) is 4. The Bertz CT molecular complexity index is 1080. The molecule has 1 heterocycles. The molecule has 0 saturated carbocycles. The number of pyridine rings is 1. The Labute approximate surface area is 160 Å². The molecule has 0 bridgehead atoms. The van der Waals surface area contributed by atoms with E-state index in [4.69, 9.17) is 26.1 Å². The predicted octanol–water partition coefficient (Wildman–Crippen LogP) is 4.91. The third-order valence-corrected chi connectivity index (χ3v) is 4.90. The fourth-order valence-electron chi connectivity index (χ4n) is 3.37. The summed E-state index contributed by atoms with van der Waals surface area (Å²) in [6.07, 6.45) is 0.542. The molecule has 0 radical (unpaired) electrons. The van der Waals surface area contributed by atoms with Crippen LogP contribution in [0.25, 0.3) is 22.5 Å². The van der Waals surface area contributed by atoms with Crippen molar-refractivity contribution in [2.75, 3.05) is 14.2 Å². The van der Waals surface area contributed by atoms with Gasteiger partial charge in [-0.1, -0.05) is 17.7 Å². The average Bonchev–Trinajstić information content (AvgIpc) is 3.03. The van der Waals surface area contributed by atoms with E-state index in [-0.39, 0.29) is 5.75 Å². The maximum absolute atomic E-state index is 14.2. The molecule has 0 spiro atoms. The first kappa shape index (κ1) is 17.5. The minimum atomic E-state index is -0.496. The standard InChI is InChI=1S/C21H15ClFNO3/c1-26-19-6-3-11(9-17(19)23)18-10-16(21(25)27-2)15-8-12-7-13(22)4-5-14(12)20(15)24-18/h3-7,9-10H,8H2,1-2H3. The van der Waals surface area contributed by atoms with Gasteiger partial charge in [-0.05, 0) is 47.5 Å². The largest absolute Gasteiger partial charge is 0.494 e. The van der Waals surface area contributed by atoms with Gasteiger partial charge in [0, 0.05) is 22.6 Å². The topological polar surface area (TPSA) is 48.4 Å². The van der Waals surface area contributed by atoms with E-state index in [0.29, 0.717) is 34.0 Å². The second kappa shape index (κ2) is 6.67. The zero-order chi connectivity index (χ0) is 19.1. The fraction of sp³-hybridized carbons (Fsp3) is 0.143. The molecule has 3 aromatic rings. The smallest absolute Gasteiger partial charge is 0.338 e. The molecule has 4 rings (SSSR count). The lowest BCUT2D eigenvalue weighted by atomic mass is 10.0. The van der Waals surface area contributed by atoms with Crippen molar-refractivity contribution in [1.82, 2.24) is 4.98 Å². The molecule has 0 unspecified atom stereocenters. The highest BCUT2D eigenvalue weighted by Gasteiger charge is 2.27. The first-order chi connectivity index (χ1) is 13.0. The molecule has 1 aromatic heterocycles. The molecule has 0 amide bonds. The summed E-state index contributed by atoms with van der Waals surface area (Å²) in [7, 11) is 2.74. The van der Waals surface area contributed by atoms with Gasteiger partial charge in [0.15, 0.2) is 11.6 Å². The van der Waals surface area contributed by atoms with Crippen LogP contribution in [0.3, 0.4) is 0 Å². The van der Waals surface area contributed by atoms with Gasteiger partial charge >= 0.3 is 5.97 Å². The summed E-state index contributed by atoms with van der Waals surface area (Å²) in [4.78, 5) is 17.1. The second-order valence-corrected chi connectivity index (χ2v) is 6.64. The van der Waals surface area contributed by atoms with Gasteiger partial charge in [-0.15, -0.1) is 0 Å². The molecular weight excluding hydrogens is 369 g/mol. The third-order valence-electron chi connectivity index (χ3n) is 4.67. The molecule has 4 nitrogen and oxygen atoms in total. The van der Waals surface area contributed by atoms with Gasteiger partial charge < -0.3 is 9.47 Å². The van der Waals surface area contributed by atoms with Crippen molar-refractivity contribution in [3.8, 4) is 28.3 Å². The number of aromatic nitrogens is 1. The van der Waals surface area contributed by atoms with E-state index in [1.54, 1.807) is 18.2 Å². The van der Waals surface area contributed by atoms with Crippen LogP contribution < -0.4 is 4.74 Å². The summed E-state index contributed by atoms with van der Waals surface area (Å²) in [5.74, 6) is -0.806. The molecule has 0 fully saturated rings. The number of esters is 1. The summed E-state index contributed by atoms with van der Waals surface area (Å²) in [6.45, 7) is 0. The number of nitrogens with zero attached hydrogens (tertiary/aromatic N) is 1. The van der Waals surface area contributed by atoms with Crippen LogP contribution in [0.15, 0.2) is 42.5 Å². The molecule has 27 heavy (non-hydrogen) atoms. The fourth-order valence-corrected chi connectivity index (χ4v) is 3.56. The monoisotopic (exact) mass is 383 g/mol. The number of halogens is 2. The van der Waals surface area contributed by atoms with E-state index in [2.05, 4.69) is 0 Å². The predicted molar refractivity (Wildman–Crippen MR) is 101 cm³/mol. The molecule has 0 aliphatic heterocycles.